The Hall–Kier alpha value is -4.19. The summed E-state index contributed by atoms with van der Waals surface area (Å²) in [6.45, 7) is 80.6. The highest BCUT2D eigenvalue weighted by molar-refractivity contribution is 7.10. The molecule has 2 N–H and O–H groups in total. The van der Waals surface area contributed by atoms with E-state index in [0.29, 0.717) is 61.1 Å². The summed E-state index contributed by atoms with van der Waals surface area (Å²) in [6, 6.07) is 33.2. The molecule has 0 aliphatic rings. The lowest BCUT2D eigenvalue weighted by molar-refractivity contribution is -0.121. The van der Waals surface area contributed by atoms with Crippen molar-refractivity contribution in [1.29, 1.82) is 0 Å². The van der Waals surface area contributed by atoms with Crippen LogP contribution in [0.4, 0.5) is 0 Å². The fourth-order valence-electron chi connectivity index (χ4n) is 10.5. The molecule has 0 bridgehead atoms. The van der Waals surface area contributed by atoms with Crippen LogP contribution < -0.4 is 10.6 Å². The third-order valence-corrected chi connectivity index (χ3v) is 19.5. The molecule has 0 radical (unpaired) electrons. The van der Waals surface area contributed by atoms with Crippen LogP contribution in [0.15, 0.2) is 108 Å². The standard InChI is InChI=1S/C14H21NO.C13H29NO2.C13H20.C12H25NO.C12H18.C10H17NS.C10H16S.C9H20.C7H16/c1-14(2,3)10-7-11-15-13(16)12-8-5-4-6-9-12;1-13(2,3)7-6-8-14(9-11-15-4)10-12-16-5;1-11-5-7-12(8-6-11)9-10-13(2,3)4;1-10(2)9-11(14)13-8-6-7-12(3,4)5;1-12(2,3)10-9-11-7-5-4-6-8-11;1-8-9(12-7-11-8)5-6-10(2,3)4;1-10(2,3)7-6-9-5-4-8-11-9;1-5-6-7-8-9(2,3)4;1-5-6-7(2,3)4/h4-6,8-9H,7,10-11H2,1-3H3,(H,15,16);6-12H2,1-5H3;5-8H,9-10H2,1-4H3;10H,6-9H2,1-5H3,(H,13,14);4-8H,9-10H2,1-3H3;7H,5-6H2,1-4H3;4-5,8H,6-7H2,1-3H3;5-8H2,1-4H3;5-6H2,1-4H3. The number of aromatic nitrogens is 1. The number of benzene rings is 3. The van der Waals surface area contributed by atoms with Crippen molar-refractivity contribution in [3.63, 3.8) is 0 Å². The van der Waals surface area contributed by atoms with Crippen LogP contribution in [0.25, 0.3) is 0 Å². The van der Waals surface area contributed by atoms with Crippen LogP contribution in [0, 0.1) is 68.5 Å². The van der Waals surface area contributed by atoms with E-state index in [4.69, 9.17) is 9.47 Å². The summed E-state index contributed by atoms with van der Waals surface area (Å²) in [4.78, 5) is 32.5. The van der Waals surface area contributed by atoms with E-state index in [1.165, 1.54) is 135 Å². The number of carbonyl (C=O) groups is 2. The fraction of sp³-hybridized carbons (Fsp3) is 0.730. The molecule has 0 unspecified atom stereocenters. The third-order valence-electron chi connectivity index (χ3n) is 17.5. The third kappa shape index (κ3) is 87.8. The molecule has 5 rings (SSSR count). The Morgan fingerprint density at radius 1 is 0.418 bits per heavy atom. The van der Waals surface area contributed by atoms with Crippen molar-refractivity contribution in [2.45, 2.75) is 363 Å². The molecule has 638 valence electrons. The number of hydrogen-bond donors (Lipinski definition) is 2. The maximum atomic E-state index is 11.7. The van der Waals surface area contributed by atoms with Gasteiger partial charge in [0.15, 0.2) is 0 Å². The molecular formula is C100H182N4O4S2. The molecular weight excluding hydrogens is 1390 g/mol. The van der Waals surface area contributed by atoms with Gasteiger partial charge in [0.2, 0.25) is 5.91 Å². The van der Waals surface area contributed by atoms with E-state index < -0.39 is 0 Å². The maximum Gasteiger partial charge on any atom is 0.251 e. The van der Waals surface area contributed by atoms with E-state index in [1.54, 1.807) is 25.6 Å². The van der Waals surface area contributed by atoms with Gasteiger partial charge in [-0.3, -0.25) is 14.5 Å². The molecule has 0 atom stereocenters. The average Bonchev–Trinajstić information content (AvgIpc) is 1.53. The highest BCUT2D eigenvalue weighted by Gasteiger charge is 2.17. The summed E-state index contributed by atoms with van der Waals surface area (Å²) in [5.41, 5.74) is 12.2. The molecule has 0 saturated carbocycles. The molecule has 0 aliphatic carbocycles. The van der Waals surface area contributed by atoms with Gasteiger partial charge in [0.1, 0.15) is 0 Å². The number of hydrogen-bond acceptors (Lipinski definition) is 8. The normalized spacial score (nSPS) is 11.8. The summed E-state index contributed by atoms with van der Waals surface area (Å²) in [5, 5.41) is 8.03. The number of methoxy groups -OCH3 is 2. The first-order valence-electron chi connectivity index (χ1n) is 42.8. The highest BCUT2D eigenvalue weighted by atomic mass is 32.1. The monoisotopic (exact) mass is 1570 g/mol. The molecule has 8 nitrogen and oxygen atoms in total. The highest BCUT2D eigenvalue weighted by Crippen LogP contribution is 2.28. The average molecular weight is 1570 g/mol. The number of nitrogens with one attached hydrogen (secondary N) is 2. The lowest BCUT2D eigenvalue weighted by Gasteiger charge is -2.24. The lowest BCUT2D eigenvalue weighted by atomic mass is 9.88. The number of ether oxygens (including phenoxy) is 2. The predicted octanol–water partition coefficient (Wildman–Crippen LogP) is 29.9. The van der Waals surface area contributed by atoms with E-state index in [0.717, 1.165) is 77.2 Å². The Balaban J connectivity index is -0.000000579. The molecule has 2 aromatic heterocycles. The summed E-state index contributed by atoms with van der Waals surface area (Å²) < 4.78 is 10.2. The van der Waals surface area contributed by atoms with Gasteiger partial charge in [0.05, 0.1) is 24.4 Å². The van der Waals surface area contributed by atoms with Gasteiger partial charge in [0.25, 0.3) is 5.91 Å². The van der Waals surface area contributed by atoms with Crippen LogP contribution >= 0.6 is 22.7 Å². The number of unbranched alkanes of at least 4 members (excludes halogenated alkanes) is 2. The predicted molar refractivity (Wildman–Crippen MR) is 495 cm³/mol. The van der Waals surface area contributed by atoms with Crippen molar-refractivity contribution < 1.29 is 19.1 Å². The molecule has 2 amide bonds. The van der Waals surface area contributed by atoms with E-state index in [1.807, 2.05) is 47.2 Å². The van der Waals surface area contributed by atoms with E-state index in [9.17, 15) is 9.59 Å². The molecule has 0 aliphatic heterocycles. The fourth-order valence-corrected chi connectivity index (χ4v) is 12.0. The van der Waals surface area contributed by atoms with E-state index in [-0.39, 0.29) is 11.8 Å². The van der Waals surface area contributed by atoms with Gasteiger partial charge in [0, 0.05) is 62.1 Å². The Morgan fingerprint density at radius 3 is 1.19 bits per heavy atom. The van der Waals surface area contributed by atoms with Crippen molar-refractivity contribution in [3.05, 3.63) is 146 Å². The van der Waals surface area contributed by atoms with Gasteiger partial charge < -0.3 is 20.1 Å². The molecule has 0 saturated heterocycles. The van der Waals surface area contributed by atoms with Crippen molar-refractivity contribution in [2.75, 3.05) is 60.2 Å². The van der Waals surface area contributed by atoms with Crippen molar-refractivity contribution in [2.24, 2.45) is 54.7 Å². The maximum absolute atomic E-state index is 11.7. The molecule has 3 aromatic carbocycles. The van der Waals surface area contributed by atoms with Crippen molar-refractivity contribution in [1.82, 2.24) is 20.5 Å². The van der Waals surface area contributed by atoms with E-state index in [2.05, 4.69) is 321 Å². The topological polar surface area (TPSA) is 92.8 Å². The van der Waals surface area contributed by atoms with Crippen LogP contribution in [-0.2, 0) is 40.0 Å². The number of rotatable bonds is 30. The number of thiophene rings is 1. The quantitative estimate of drug-likeness (QED) is 0.0445. The first-order valence-corrected chi connectivity index (χ1v) is 44.6. The summed E-state index contributed by atoms with van der Waals surface area (Å²) in [6.07, 6.45) is 25.6. The zero-order valence-corrected chi connectivity index (χ0v) is 80.7. The van der Waals surface area contributed by atoms with Crippen LogP contribution in [0.3, 0.4) is 0 Å². The van der Waals surface area contributed by atoms with Crippen LogP contribution in [0.2, 0.25) is 0 Å². The number of thiazole rings is 1. The Bertz CT molecular complexity index is 2860. The number of aryl methyl sites for hydroxylation is 6. The summed E-state index contributed by atoms with van der Waals surface area (Å²) in [7, 11) is 3.51. The molecule has 2 heterocycles. The zero-order valence-electron chi connectivity index (χ0n) is 79.1. The lowest BCUT2D eigenvalue weighted by Crippen LogP contribution is -2.32. The minimum absolute atomic E-state index is 0.0227. The number of nitrogens with zero attached hydrogens (tertiary/aromatic N) is 2. The smallest absolute Gasteiger partial charge is 0.251 e. The van der Waals surface area contributed by atoms with Crippen LogP contribution in [-0.4, -0.2) is 81.9 Å². The van der Waals surface area contributed by atoms with Crippen LogP contribution in [0.1, 0.15) is 366 Å². The molecule has 10 heteroatoms. The molecule has 110 heavy (non-hydrogen) atoms. The van der Waals surface area contributed by atoms with Crippen LogP contribution in [0.5, 0.6) is 0 Å². The second kappa shape index (κ2) is 61.2. The minimum Gasteiger partial charge on any atom is -0.383 e. The molecule has 5 aromatic rings. The SMILES string of the molecule is CC(C)(C)CCCNC(=O)c1ccccc1.CC(C)(C)CCc1ccccc1.CC(C)(C)CCc1cccs1.CC(C)CC(=O)NCCCC(C)(C)C.CCCC(C)(C)C.CCCCCC(C)(C)C.COCCN(CCCC(C)(C)C)CCOC.Cc1ccc(CCC(C)(C)C)cc1.Cc1ncsc1CCC(C)(C)C. The number of amides is 2. The summed E-state index contributed by atoms with van der Waals surface area (Å²) >= 11 is 3.64. The molecule has 0 fully saturated rings. The van der Waals surface area contributed by atoms with Gasteiger partial charge in [-0.2, -0.15) is 0 Å². The van der Waals surface area contributed by atoms with Crippen molar-refractivity contribution in [3.8, 4) is 0 Å². The first kappa shape index (κ1) is 112. The zero-order chi connectivity index (χ0) is 85.3. The first-order chi connectivity index (χ1) is 50.5. The van der Waals surface area contributed by atoms with E-state index >= 15 is 0 Å². The van der Waals surface area contributed by atoms with Gasteiger partial charge in [-0.1, -0.05) is 325 Å². The second-order valence-corrected chi connectivity index (χ2v) is 43.8. The Labute approximate surface area is 693 Å². The van der Waals surface area contributed by atoms with Gasteiger partial charge in [-0.25, -0.2) is 4.98 Å². The Morgan fingerprint density at radius 2 is 0.818 bits per heavy atom. The van der Waals surface area contributed by atoms with Crippen molar-refractivity contribution >= 4 is 34.5 Å². The second-order valence-electron chi connectivity index (χ2n) is 41.9. The summed E-state index contributed by atoms with van der Waals surface area (Å²) in [5.74, 6) is 0.668. The Kier molecular flexibility index (Phi) is 62.4. The minimum atomic E-state index is 0.0227. The number of carbonyl (C=O) groups excluding carboxylic acids is 2. The largest absolute Gasteiger partial charge is 0.383 e. The molecule has 0 spiro atoms. The van der Waals surface area contributed by atoms with Gasteiger partial charge >= 0.3 is 0 Å². The van der Waals surface area contributed by atoms with Gasteiger partial charge in [-0.15, -0.1) is 22.7 Å². The van der Waals surface area contributed by atoms with Gasteiger partial charge in [-0.05, 0) is 212 Å².